The Morgan fingerprint density at radius 3 is 2.76 bits per heavy atom. The maximum Gasteiger partial charge on any atom is 0.339 e. The molecule has 2 aliphatic rings. The van der Waals surface area contributed by atoms with E-state index in [1.165, 1.54) is 0 Å². The molecule has 7 nitrogen and oxygen atoms in total. The van der Waals surface area contributed by atoms with Crippen molar-refractivity contribution in [3.63, 3.8) is 0 Å². The third kappa shape index (κ3) is 4.57. The number of ether oxygens (including phenoxy) is 1. The Balaban J connectivity index is 0.00000240. The van der Waals surface area contributed by atoms with E-state index in [1.807, 2.05) is 0 Å². The number of piperidine rings is 1. The molecular weight excluding hydrogens is 394 g/mol. The maximum atomic E-state index is 11.8. The lowest BCUT2D eigenvalue weighted by Gasteiger charge is -2.25. The van der Waals surface area contributed by atoms with Gasteiger partial charge in [-0.1, -0.05) is 6.07 Å². The highest BCUT2D eigenvalue weighted by atomic mass is 35.5. The number of halogens is 1. The maximum absolute atomic E-state index is 11.8. The lowest BCUT2D eigenvalue weighted by Crippen LogP contribution is -2.29. The molecule has 0 radical (unpaired) electrons. The summed E-state index contributed by atoms with van der Waals surface area (Å²) in [5.74, 6) is 0.0456. The molecule has 1 aromatic heterocycles. The second-order valence-corrected chi connectivity index (χ2v) is 7.61. The number of pyridine rings is 1. The number of nitrogens with two attached hydrogens (primary N) is 1. The van der Waals surface area contributed by atoms with Crippen LogP contribution in [-0.2, 0) is 0 Å². The van der Waals surface area contributed by atoms with Crippen molar-refractivity contribution in [2.45, 2.75) is 31.6 Å². The number of nitrogens with one attached hydrogen (secondary N) is 1. The lowest BCUT2D eigenvalue weighted by molar-refractivity contribution is 0.0695. The summed E-state index contributed by atoms with van der Waals surface area (Å²) in [6.07, 6.45) is 4.16. The van der Waals surface area contributed by atoms with Crippen molar-refractivity contribution in [1.82, 2.24) is 10.3 Å². The van der Waals surface area contributed by atoms with Crippen LogP contribution in [0, 0.1) is 5.92 Å². The van der Waals surface area contributed by atoms with E-state index >= 15 is 0 Å². The summed E-state index contributed by atoms with van der Waals surface area (Å²) in [6, 6.07) is 6.84. The van der Waals surface area contributed by atoms with Crippen molar-refractivity contribution in [3.05, 3.63) is 35.4 Å². The minimum absolute atomic E-state index is 0. The largest absolute Gasteiger partial charge is 0.507 e. The number of phenols is 1. The fourth-order valence-electron chi connectivity index (χ4n) is 3.78. The normalized spacial score (nSPS) is 18.7. The molecule has 1 saturated heterocycles. The van der Waals surface area contributed by atoms with Gasteiger partial charge in [0.15, 0.2) is 0 Å². The fraction of sp³-hybridized carbons (Fsp3) is 0.429. The molecule has 1 aliphatic heterocycles. The van der Waals surface area contributed by atoms with Crippen molar-refractivity contribution in [2.75, 3.05) is 25.4 Å². The molecule has 0 amide bonds. The number of aromatic hydroxyl groups is 1. The van der Waals surface area contributed by atoms with Crippen LogP contribution in [0.25, 0.3) is 11.3 Å². The molecule has 1 unspecified atom stereocenters. The van der Waals surface area contributed by atoms with Crippen LogP contribution < -0.4 is 15.8 Å². The van der Waals surface area contributed by atoms with Gasteiger partial charge in [0.2, 0.25) is 0 Å². The summed E-state index contributed by atoms with van der Waals surface area (Å²) in [4.78, 5) is 16.2. The first-order valence-corrected chi connectivity index (χ1v) is 9.74. The van der Waals surface area contributed by atoms with Gasteiger partial charge in [0, 0.05) is 6.54 Å². The average molecular weight is 420 g/mol. The number of carbonyl (C=O) groups is 1. The summed E-state index contributed by atoms with van der Waals surface area (Å²) in [6.45, 7) is 2.21. The average Bonchev–Trinajstić information content (AvgIpc) is 3.50. The van der Waals surface area contributed by atoms with Gasteiger partial charge in [0.1, 0.15) is 22.9 Å². The molecule has 1 atom stereocenters. The number of hydrogen-bond acceptors (Lipinski definition) is 6. The van der Waals surface area contributed by atoms with Crippen molar-refractivity contribution in [3.8, 4) is 22.8 Å². The van der Waals surface area contributed by atoms with Gasteiger partial charge in [-0.2, -0.15) is 0 Å². The number of anilines is 1. The van der Waals surface area contributed by atoms with E-state index in [0.717, 1.165) is 32.2 Å². The third-order valence-electron chi connectivity index (χ3n) is 5.46. The predicted molar refractivity (Wildman–Crippen MR) is 113 cm³/mol. The Labute approximate surface area is 175 Å². The molecule has 1 aliphatic carbocycles. The van der Waals surface area contributed by atoms with Crippen molar-refractivity contribution in [2.24, 2.45) is 5.92 Å². The first-order chi connectivity index (χ1) is 13.5. The van der Waals surface area contributed by atoms with Gasteiger partial charge in [-0.3, -0.25) is 0 Å². The molecule has 5 N–H and O–H groups in total. The SMILES string of the molecule is Cl.Nc1nc(-c2c(O)cccc2OCC2CC2)cc(C2CCCNC2)c1C(=O)O. The van der Waals surface area contributed by atoms with Crippen LogP contribution in [0.15, 0.2) is 24.3 Å². The first kappa shape index (κ1) is 21.2. The van der Waals surface area contributed by atoms with E-state index in [9.17, 15) is 15.0 Å². The summed E-state index contributed by atoms with van der Waals surface area (Å²) < 4.78 is 5.93. The Morgan fingerprint density at radius 1 is 1.31 bits per heavy atom. The van der Waals surface area contributed by atoms with Crippen molar-refractivity contribution in [1.29, 1.82) is 0 Å². The van der Waals surface area contributed by atoms with Crippen LogP contribution >= 0.6 is 12.4 Å². The van der Waals surface area contributed by atoms with Crippen LogP contribution in [0.3, 0.4) is 0 Å². The topological polar surface area (TPSA) is 118 Å². The van der Waals surface area contributed by atoms with Gasteiger partial charge < -0.3 is 26.0 Å². The van der Waals surface area contributed by atoms with Crippen LogP contribution in [0.4, 0.5) is 5.82 Å². The zero-order valence-corrected chi connectivity index (χ0v) is 16.9. The van der Waals surface area contributed by atoms with E-state index in [-0.39, 0.29) is 35.5 Å². The summed E-state index contributed by atoms with van der Waals surface area (Å²) in [7, 11) is 0. The second kappa shape index (κ2) is 8.88. The standard InChI is InChI=1S/C21H25N3O4.ClH/c22-20-18(21(26)27)14(13-3-2-8-23-10-13)9-15(24-20)19-16(25)4-1-5-17(19)28-11-12-6-7-12;/h1,4-5,9,12-13,23,25H,2-3,6-8,10-11H2,(H2,22,24)(H,26,27);1H. The number of rotatable bonds is 6. The van der Waals surface area contributed by atoms with E-state index in [2.05, 4.69) is 10.3 Å². The van der Waals surface area contributed by atoms with Crippen LogP contribution in [0.2, 0.25) is 0 Å². The highest BCUT2D eigenvalue weighted by Gasteiger charge is 2.27. The number of benzene rings is 1. The van der Waals surface area contributed by atoms with E-state index in [0.29, 0.717) is 41.6 Å². The quantitative estimate of drug-likeness (QED) is 0.566. The molecule has 2 fully saturated rings. The molecule has 2 aromatic rings. The van der Waals surface area contributed by atoms with Crippen molar-refractivity contribution < 1.29 is 19.7 Å². The fourth-order valence-corrected chi connectivity index (χ4v) is 3.78. The van der Waals surface area contributed by atoms with Gasteiger partial charge in [-0.15, -0.1) is 12.4 Å². The summed E-state index contributed by atoms with van der Waals surface area (Å²) in [5, 5.41) is 23.5. The van der Waals surface area contributed by atoms with Gasteiger partial charge in [0.25, 0.3) is 0 Å². The Morgan fingerprint density at radius 2 is 2.10 bits per heavy atom. The number of carboxylic acid groups (broad SMARTS) is 1. The second-order valence-electron chi connectivity index (χ2n) is 7.61. The zero-order valence-electron chi connectivity index (χ0n) is 16.1. The molecule has 1 aromatic carbocycles. The molecular formula is C21H26ClN3O4. The van der Waals surface area contributed by atoms with Gasteiger partial charge in [-0.25, -0.2) is 9.78 Å². The zero-order chi connectivity index (χ0) is 19.7. The van der Waals surface area contributed by atoms with Crippen LogP contribution in [0.5, 0.6) is 11.5 Å². The Kier molecular flexibility index (Phi) is 6.49. The highest BCUT2D eigenvalue weighted by molar-refractivity contribution is 5.95. The first-order valence-electron chi connectivity index (χ1n) is 9.74. The number of carboxylic acids is 1. The van der Waals surface area contributed by atoms with Gasteiger partial charge in [-0.05, 0) is 67.8 Å². The van der Waals surface area contributed by atoms with E-state index in [4.69, 9.17) is 10.5 Å². The van der Waals surface area contributed by atoms with Crippen LogP contribution in [0.1, 0.15) is 47.5 Å². The number of phenolic OH excluding ortho intramolecular Hbond substituents is 1. The van der Waals surface area contributed by atoms with Crippen LogP contribution in [-0.4, -0.2) is 40.9 Å². The monoisotopic (exact) mass is 419 g/mol. The molecule has 4 rings (SSSR count). The van der Waals surface area contributed by atoms with Crippen molar-refractivity contribution >= 4 is 24.2 Å². The summed E-state index contributed by atoms with van der Waals surface area (Å²) in [5.41, 5.74) is 7.66. The predicted octanol–water partition coefficient (Wildman–Crippen LogP) is 3.41. The molecule has 156 valence electrons. The third-order valence-corrected chi connectivity index (χ3v) is 5.46. The Bertz CT molecular complexity index is 896. The minimum Gasteiger partial charge on any atom is -0.507 e. The van der Waals surface area contributed by atoms with Gasteiger partial charge in [0.05, 0.1) is 17.9 Å². The number of hydrogen-bond donors (Lipinski definition) is 4. The Hall–Kier alpha value is -2.51. The highest BCUT2D eigenvalue weighted by Crippen LogP contribution is 2.41. The van der Waals surface area contributed by atoms with Gasteiger partial charge >= 0.3 is 5.97 Å². The summed E-state index contributed by atoms with van der Waals surface area (Å²) >= 11 is 0. The molecule has 0 spiro atoms. The molecule has 8 heteroatoms. The molecule has 0 bridgehead atoms. The molecule has 2 heterocycles. The molecule has 29 heavy (non-hydrogen) atoms. The minimum atomic E-state index is -1.08. The number of nitrogen functional groups attached to an aromatic ring is 1. The van der Waals surface area contributed by atoms with E-state index < -0.39 is 5.97 Å². The smallest absolute Gasteiger partial charge is 0.339 e. The molecule has 1 saturated carbocycles. The number of aromatic carboxylic acids is 1. The lowest BCUT2D eigenvalue weighted by atomic mass is 9.87. The number of aromatic nitrogens is 1. The number of nitrogens with zero attached hydrogens (tertiary/aromatic N) is 1. The van der Waals surface area contributed by atoms with E-state index in [1.54, 1.807) is 24.3 Å².